The van der Waals surface area contributed by atoms with Gasteiger partial charge in [0.2, 0.25) is 5.89 Å². The molecule has 0 saturated heterocycles. The van der Waals surface area contributed by atoms with Gasteiger partial charge in [-0.05, 0) is 79.2 Å². The Bertz CT molecular complexity index is 1240. The van der Waals surface area contributed by atoms with E-state index in [0.717, 1.165) is 27.9 Å². The molecule has 0 aliphatic rings. The van der Waals surface area contributed by atoms with E-state index >= 15 is 0 Å². The fraction of sp³-hybridized carbons (Fsp3) is 0.160. The van der Waals surface area contributed by atoms with Crippen LogP contribution >= 0.6 is 12.2 Å². The lowest BCUT2D eigenvalue weighted by Crippen LogP contribution is -2.34. The molecule has 0 atom stereocenters. The van der Waals surface area contributed by atoms with Crippen molar-refractivity contribution >= 4 is 40.0 Å². The first-order valence-corrected chi connectivity index (χ1v) is 10.5. The van der Waals surface area contributed by atoms with Gasteiger partial charge in [-0.3, -0.25) is 10.1 Å². The van der Waals surface area contributed by atoms with E-state index in [0.29, 0.717) is 17.4 Å². The molecule has 0 radical (unpaired) electrons. The molecule has 5 nitrogen and oxygen atoms in total. The van der Waals surface area contributed by atoms with E-state index in [1.165, 1.54) is 5.56 Å². The Labute approximate surface area is 186 Å². The van der Waals surface area contributed by atoms with Crippen molar-refractivity contribution in [2.75, 3.05) is 5.32 Å². The van der Waals surface area contributed by atoms with E-state index in [2.05, 4.69) is 41.6 Å². The summed E-state index contributed by atoms with van der Waals surface area (Å²) in [5.74, 6) is 0.754. The number of rotatable bonds is 4. The summed E-state index contributed by atoms with van der Waals surface area (Å²) in [5.41, 5.74) is 6.12. The van der Waals surface area contributed by atoms with E-state index in [-0.39, 0.29) is 11.0 Å². The predicted molar refractivity (Wildman–Crippen MR) is 128 cm³/mol. The second kappa shape index (κ2) is 8.70. The number of nitrogens with zero attached hydrogens (tertiary/aromatic N) is 1. The number of aryl methyl sites for hydroxylation is 1. The Hall–Kier alpha value is -3.51. The number of hydrogen-bond donors (Lipinski definition) is 2. The standard InChI is InChI=1S/C25H23N3O2S/c1-15(2)19-10-13-22-21(14-19)27-24(30-22)18-8-11-20(12-9-18)26-25(31)28-23(29)17-6-4-16(3)5-7-17/h4-15H,1-3H3,(H2,26,28,29,31). The lowest BCUT2D eigenvalue weighted by molar-refractivity contribution is 0.0977. The van der Waals surface area contributed by atoms with Gasteiger partial charge in [-0.2, -0.15) is 0 Å². The first-order valence-electron chi connectivity index (χ1n) is 10.1. The molecule has 0 spiro atoms. The minimum Gasteiger partial charge on any atom is -0.436 e. The number of carbonyl (C=O) groups excluding carboxylic acids is 1. The summed E-state index contributed by atoms with van der Waals surface area (Å²) in [6, 6.07) is 21.0. The van der Waals surface area contributed by atoms with Crippen molar-refractivity contribution in [2.45, 2.75) is 26.7 Å². The van der Waals surface area contributed by atoms with Gasteiger partial charge < -0.3 is 9.73 Å². The Kier molecular flexibility index (Phi) is 5.82. The summed E-state index contributed by atoms with van der Waals surface area (Å²) < 4.78 is 5.91. The summed E-state index contributed by atoms with van der Waals surface area (Å²) in [7, 11) is 0. The Morgan fingerprint density at radius 3 is 2.39 bits per heavy atom. The van der Waals surface area contributed by atoms with E-state index in [4.69, 9.17) is 16.6 Å². The highest BCUT2D eigenvalue weighted by molar-refractivity contribution is 7.80. The van der Waals surface area contributed by atoms with Gasteiger partial charge >= 0.3 is 0 Å². The molecule has 2 N–H and O–H groups in total. The van der Waals surface area contributed by atoms with Crippen molar-refractivity contribution in [2.24, 2.45) is 0 Å². The zero-order chi connectivity index (χ0) is 22.0. The number of nitrogens with one attached hydrogen (secondary N) is 2. The van der Waals surface area contributed by atoms with Gasteiger partial charge in [-0.15, -0.1) is 0 Å². The number of oxazole rings is 1. The molecule has 0 bridgehead atoms. The molecule has 1 heterocycles. The van der Waals surface area contributed by atoms with Crippen molar-refractivity contribution in [3.63, 3.8) is 0 Å². The molecule has 3 aromatic carbocycles. The molecular weight excluding hydrogens is 406 g/mol. The Morgan fingerprint density at radius 2 is 1.71 bits per heavy atom. The van der Waals surface area contributed by atoms with Crippen LogP contribution < -0.4 is 10.6 Å². The van der Waals surface area contributed by atoms with Crippen LogP contribution in [0.5, 0.6) is 0 Å². The predicted octanol–water partition coefficient (Wildman–Crippen LogP) is 6.05. The maximum Gasteiger partial charge on any atom is 0.257 e. The zero-order valence-electron chi connectivity index (χ0n) is 17.6. The van der Waals surface area contributed by atoms with Crippen LogP contribution in [-0.2, 0) is 0 Å². The first kappa shape index (κ1) is 20.8. The van der Waals surface area contributed by atoms with E-state index < -0.39 is 0 Å². The summed E-state index contributed by atoms with van der Waals surface area (Å²) >= 11 is 5.27. The number of anilines is 1. The quantitative estimate of drug-likeness (QED) is 0.386. The molecule has 0 aliphatic carbocycles. The molecule has 0 unspecified atom stereocenters. The highest BCUT2D eigenvalue weighted by atomic mass is 32.1. The van der Waals surface area contributed by atoms with Crippen LogP contribution in [-0.4, -0.2) is 16.0 Å². The smallest absolute Gasteiger partial charge is 0.257 e. The van der Waals surface area contributed by atoms with E-state index in [1.807, 2.05) is 49.4 Å². The van der Waals surface area contributed by atoms with E-state index in [9.17, 15) is 4.79 Å². The van der Waals surface area contributed by atoms with Crippen molar-refractivity contribution in [1.82, 2.24) is 10.3 Å². The van der Waals surface area contributed by atoms with Crippen molar-refractivity contribution < 1.29 is 9.21 Å². The van der Waals surface area contributed by atoms with Crippen molar-refractivity contribution in [3.8, 4) is 11.5 Å². The minimum atomic E-state index is -0.249. The monoisotopic (exact) mass is 429 g/mol. The fourth-order valence-electron chi connectivity index (χ4n) is 3.17. The highest BCUT2D eigenvalue weighted by Gasteiger charge is 2.11. The number of carbonyl (C=O) groups is 1. The molecule has 31 heavy (non-hydrogen) atoms. The largest absolute Gasteiger partial charge is 0.436 e. The second-order valence-corrected chi connectivity index (χ2v) is 8.16. The number of amides is 1. The molecule has 6 heteroatoms. The number of hydrogen-bond acceptors (Lipinski definition) is 4. The van der Waals surface area contributed by atoms with Gasteiger partial charge in [-0.1, -0.05) is 37.6 Å². The maximum absolute atomic E-state index is 12.3. The van der Waals surface area contributed by atoms with Crippen LogP contribution in [0.2, 0.25) is 0 Å². The molecule has 0 saturated carbocycles. The Morgan fingerprint density at radius 1 is 1.00 bits per heavy atom. The molecule has 0 fully saturated rings. The number of benzene rings is 3. The lowest BCUT2D eigenvalue weighted by Gasteiger charge is -2.10. The maximum atomic E-state index is 12.3. The third kappa shape index (κ3) is 4.81. The van der Waals surface area contributed by atoms with Gasteiger partial charge in [0.05, 0.1) is 0 Å². The number of thiocarbonyl (C=S) groups is 1. The van der Waals surface area contributed by atoms with Crippen LogP contribution in [0.25, 0.3) is 22.6 Å². The summed E-state index contributed by atoms with van der Waals surface area (Å²) in [5, 5.41) is 5.96. The first-order chi connectivity index (χ1) is 14.9. The topological polar surface area (TPSA) is 67.2 Å². The molecule has 1 aromatic heterocycles. The molecule has 0 aliphatic heterocycles. The highest BCUT2D eigenvalue weighted by Crippen LogP contribution is 2.27. The van der Waals surface area contributed by atoms with Crippen LogP contribution in [0.4, 0.5) is 5.69 Å². The third-order valence-corrected chi connectivity index (χ3v) is 5.21. The second-order valence-electron chi connectivity index (χ2n) is 7.75. The average molecular weight is 430 g/mol. The summed E-state index contributed by atoms with van der Waals surface area (Å²) in [4.78, 5) is 16.9. The van der Waals surface area contributed by atoms with Crippen LogP contribution in [0.15, 0.2) is 71.1 Å². The van der Waals surface area contributed by atoms with Gasteiger partial charge in [0.1, 0.15) is 5.52 Å². The number of fused-ring (bicyclic) bond motifs is 1. The van der Waals surface area contributed by atoms with Gasteiger partial charge in [0, 0.05) is 16.8 Å². The van der Waals surface area contributed by atoms with Gasteiger partial charge in [0.15, 0.2) is 10.7 Å². The van der Waals surface area contributed by atoms with Crippen LogP contribution in [0.1, 0.15) is 41.3 Å². The SMILES string of the molecule is Cc1ccc(C(=O)NC(=S)Nc2ccc(-c3nc4cc(C(C)C)ccc4o3)cc2)cc1. The van der Waals surface area contributed by atoms with E-state index in [1.54, 1.807) is 12.1 Å². The Balaban J connectivity index is 1.43. The molecule has 4 rings (SSSR count). The molecule has 1 amide bonds. The third-order valence-electron chi connectivity index (χ3n) is 5.01. The van der Waals surface area contributed by atoms with Crippen LogP contribution in [0.3, 0.4) is 0 Å². The molecule has 156 valence electrons. The van der Waals surface area contributed by atoms with Gasteiger partial charge in [0.25, 0.3) is 5.91 Å². The summed E-state index contributed by atoms with van der Waals surface area (Å²) in [6.07, 6.45) is 0. The molecular formula is C25H23N3O2S. The van der Waals surface area contributed by atoms with Crippen molar-refractivity contribution in [3.05, 3.63) is 83.4 Å². The minimum absolute atomic E-state index is 0.237. The number of aromatic nitrogens is 1. The molecule has 4 aromatic rings. The summed E-state index contributed by atoms with van der Waals surface area (Å²) in [6.45, 7) is 6.28. The van der Waals surface area contributed by atoms with Crippen LogP contribution in [0, 0.1) is 6.92 Å². The average Bonchev–Trinajstić information content (AvgIpc) is 3.18. The lowest BCUT2D eigenvalue weighted by atomic mass is 10.0. The zero-order valence-corrected chi connectivity index (χ0v) is 18.4. The van der Waals surface area contributed by atoms with Gasteiger partial charge in [-0.25, -0.2) is 4.98 Å². The normalized spacial score (nSPS) is 11.0. The fourth-order valence-corrected chi connectivity index (χ4v) is 3.38. The van der Waals surface area contributed by atoms with Crippen molar-refractivity contribution in [1.29, 1.82) is 0 Å².